The molecular formula is C14H10N6O4S. The van der Waals surface area contributed by atoms with E-state index in [1.807, 2.05) is 30.3 Å². The third-order valence-corrected chi connectivity index (χ3v) is 4.24. The summed E-state index contributed by atoms with van der Waals surface area (Å²) in [5.74, 6) is 0.116. The number of hydrogen-bond donors (Lipinski definition) is 0. The number of hydrogen-bond acceptors (Lipinski definition) is 8. The van der Waals surface area contributed by atoms with Gasteiger partial charge in [-0.25, -0.2) is 0 Å². The van der Waals surface area contributed by atoms with Crippen LogP contribution in [-0.2, 0) is 5.75 Å². The molecule has 0 radical (unpaired) electrons. The number of para-hydroxylation sites is 1. The Bertz CT molecular complexity index is 930. The number of nitrogens with zero attached hydrogens (tertiary/aromatic N) is 6. The summed E-state index contributed by atoms with van der Waals surface area (Å²) in [6, 6.07) is 12.6. The zero-order valence-electron chi connectivity index (χ0n) is 12.6. The van der Waals surface area contributed by atoms with E-state index in [1.165, 1.54) is 10.7 Å². The van der Waals surface area contributed by atoms with Gasteiger partial charge in [0.15, 0.2) is 0 Å². The fraction of sp³-hybridized carbons (Fsp3) is 0.0714. The Labute approximate surface area is 144 Å². The van der Waals surface area contributed by atoms with Gasteiger partial charge in [-0.15, -0.1) is 5.10 Å². The molecule has 0 saturated heterocycles. The highest BCUT2D eigenvalue weighted by Crippen LogP contribution is 2.30. The summed E-state index contributed by atoms with van der Waals surface area (Å²) in [4.78, 5) is 20.9. The summed E-state index contributed by atoms with van der Waals surface area (Å²) >= 11 is 1.15. The highest BCUT2D eigenvalue weighted by molar-refractivity contribution is 7.98. The molecule has 11 heteroatoms. The molecule has 0 aliphatic rings. The van der Waals surface area contributed by atoms with E-state index in [0.717, 1.165) is 29.6 Å². The predicted molar refractivity (Wildman–Crippen MR) is 88.5 cm³/mol. The molecular weight excluding hydrogens is 348 g/mol. The second kappa shape index (κ2) is 7.05. The third kappa shape index (κ3) is 3.61. The Hall–Kier alpha value is -3.34. The lowest BCUT2D eigenvalue weighted by atomic mass is 10.2. The lowest BCUT2D eigenvalue weighted by Gasteiger charge is -2.05. The zero-order valence-corrected chi connectivity index (χ0v) is 13.4. The van der Waals surface area contributed by atoms with Gasteiger partial charge in [-0.05, 0) is 22.6 Å². The first-order valence-electron chi connectivity index (χ1n) is 6.94. The van der Waals surface area contributed by atoms with Gasteiger partial charge < -0.3 is 0 Å². The van der Waals surface area contributed by atoms with Crippen LogP contribution < -0.4 is 0 Å². The van der Waals surface area contributed by atoms with Crippen LogP contribution in [0.25, 0.3) is 5.69 Å². The van der Waals surface area contributed by atoms with Gasteiger partial charge in [0.25, 0.3) is 11.4 Å². The first-order chi connectivity index (χ1) is 12.1. The van der Waals surface area contributed by atoms with Crippen molar-refractivity contribution < 1.29 is 9.85 Å². The average Bonchev–Trinajstić information content (AvgIpc) is 3.08. The monoisotopic (exact) mass is 358 g/mol. The lowest BCUT2D eigenvalue weighted by Crippen LogP contribution is -2.00. The van der Waals surface area contributed by atoms with Crippen molar-refractivity contribution >= 4 is 23.1 Å². The molecule has 0 saturated carbocycles. The van der Waals surface area contributed by atoms with Crippen LogP contribution in [0.3, 0.4) is 0 Å². The van der Waals surface area contributed by atoms with Crippen molar-refractivity contribution in [1.82, 2.24) is 20.2 Å². The first kappa shape index (κ1) is 16.5. The molecule has 0 amide bonds. The van der Waals surface area contributed by atoms with E-state index >= 15 is 0 Å². The van der Waals surface area contributed by atoms with Gasteiger partial charge in [-0.1, -0.05) is 30.0 Å². The van der Waals surface area contributed by atoms with Gasteiger partial charge in [-0.2, -0.15) is 4.68 Å². The SMILES string of the molecule is O=[N+]([O-])c1ccc([N+](=O)[O-])c(CSc2nnnn2-c2ccccc2)c1. The van der Waals surface area contributed by atoms with Crippen molar-refractivity contribution in [3.63, 3.8) is 0 Å². The molecule has 3 aromatic rings. The number of nitro groups is 2. The predicted octanol–water partition coefficient (Wildman–Crippen LogP) is 2.77. The van der Waals surface area contributed by atoms with Gasteiger partial charge in [0.2, 0.25) is 5.16 Å². The number of thioether (sulfide) groups is 1. The van der Waals surface area contributed by atoms with Crippen molar-refractivity contribution in [3.8, 4) is 5.69 Å². The van der Waals surface area contributed by atoms with Gasteiger partial charge in [0.05, 0.1) is 15.5 Å². The standard InChI is InChI=1S/C14H10N6O4S/c21-19(22)12-6-7-13(20(23)24)10(8-12)9-25-14-15-16-17-18(14)11-4-2-1-3-5-11/h1-8H,9H2. The van der Waals surface area contributed by atoms with Crippen molar-refractivity contribution in [2.75, 3.05) is 0 Å². The molecule has 3 rings (SSSR count). The molecule has 0 aliphatic heterocycles. The number of aromatic nitrogens is 4. The maximum Gasteiger partial charge on any atom is 0.273 e. The summed E-state index contributed by atoms with van der Waals surface area (Å²) in [6.07, 6.45) is 0. The Morgan fingerprint density at radius 3 is 2.48 bits per heavy atom. The van der Waals surface area contributed by atoms with E-state index in [-0.39, 0.29) is 22.7 Å². The summed E-state index contributed by atoms with van der Waals surface area (Å²) in [7, 11) is 0. The van der Waals surface area contributed by atoms with Crippen molar-refractivity contribution in [2.24, 2.45) is 0 Å². The minimum absolute atomic E-state index is 0.116. The fourth-order valence-electron chi connectivity index (χ4n) is 2.12. The van der Waals surface area contributed by atoms with Crippen molar-refractivity contribution in [1.29, 1.82) is 0 Å². The summed E-state index contributed by atoms with van der Waals surface area (Å²) < 4.78 is 1.49. The third-order valence-electron chi connectivity index (χ3n) is 3.27. The Kier molecular flexibility index (Phi) is 4.66. The van der Waals surface area contributed by atoms with Crippen LogP contribution in [0.1, 0.15) is 5.56 Å². The Morgan fingerprint density at radius 2 is 1.80 bits per heavy atom. The topological polar surface area (TPSA) is 130 Å². The van der Waals surface area contributed by atoms with Gasteiger partial charge >= 0.3 is 0 Å². The highest BCUT2D eigenvalue weighted by Gasteiger charge is 2.19. The maximum atomic E-state index is 11.1. The van der Waals surface area contributed by atoms with Gasteiger partial charge in [0.1, 0.15) is 0 Å². The van der Waals surface area contributed by atoms with Crippen LogP contribution in [-0.4, -0.2) is 30.1 Å². The van der Waals surface area contributed by atoms with Crippen LogP contribution in [0.15, 0.2) is 53.7 Å². The lowest BCUT2D eigenvalue weighted by molar-refractivity contribution is -0.389. The van der Waals surface area contributed by atoms with E-state index in [0.29, 0.717) is 5.16 Å². The number of non-ortho nitro benzene ring substituents is 1. The molecule has 0 spiro atoms. The van der Waals surface area contributed by atoms with Crippen LogP contribution >= 0.6 is 11.8 Å². The average molecular weight is 358 g/mol. The second-order valence-electron chi connectivity index (χ2n) is 4.82. The van der Waals surface area contributed by atoms with E-state index in [4.69, 9.17) is 0 Å². The molecule has 2 aromatic carbocycles. The number of nitro benzene ring substituents is 2. The summed E-state index contributed by atoms with van der Waals surface area (Å²) in [5.41, 5.74) is 0.580. The van der Waals surface area contributed by atoms with E-state index in [1.54, 1.807) is 0 Å². The highest BCUT2D eigenvalue weighted by atomic mass is 32.2. The smallest absolute Gasteiger partial charge is 0.258 e. The molecule has 1 heterocycles. The Morgan fingerprint density at radius 1 is 1.04 bits per heavy atom. The summed E-state index contributed by atoms with van der Waals surface area (Å²) in [5, 5.41) is 33.9. The normalized spacial score (nSPS) is 10.6. The molecule has 10 nitrogen and oxygen atoms in total. The van der Waals surface area contributed by atoms with Crippen molar-refractivity contribution in [2.45, 2.75) is 10.9 Å². The molecule has 25 heavy (non-hydrogen) atoms. The first-order valence-corrected chi connectivity index (χ1v) is 7.93. The molecule has 0 atom stereocenters. The van der Waals surface area contributed by atoms with Gasteiger partial charge in [0, 0.05) is 29.5 Å². The van der Waals surface area contributed by atoms with E-state index < -0.39 is 9.85 Å². The minimum atomic E-state index is -0.591. The number of rotatable bonds is 6. The second-order valence-corrected chi connectivity index (χ2v) is 5.77. The van der Waals surface area contributed by atoms with Crippen LogP contribution in [0.2, 0.25) is 0 Å². The Balaban J connectivity index is 1.87. The molecule has 0 bridgehead atoms. The zero-order chi connectivity index (χ0) is 17.8. The molecule has 0 fully saturated rings. The van der Waals surface area contributed by atoms with E-state index in [2.05, 4.69) is 15.5 Å². The molecule has 1 aromatic heterocycles. The van der Waals surface area contributed by atoms with E-state index in [9.17, 15) is 20.2 Å². The maximum absolute atomic E-state index is 11.1. The largest absolute Gasteiger partial charge is 0.273 e. The molecule has 0 unspecified atom stereocenters. The molecule has 126 valence electrons. The fourth-order valence-corrected chi connectivity index (χ4v) is 3.00. The van der Waals surface area contributed by atoms with Crippen LogP contribution in [0.4, 0.5) is 11.4 Å². The molecule has 0 aliphatic carbocycles. The minimum Gasteiger partial charge on any atom is -0.258 e. The summed E-state index contributed by atoms with van der Waals surface area (Å²) in [6.45, 7) is 0. The number of benzene rings is 2. The number of tetrazole rings is 1. The van der Waals surface area contributed by atoms with Gasteiger partial charge in [-0.3, -0.25) is 20.2 Å². The quantitative estimate of drug-likeness (QED) is 0.373. The van der Waals surface area contributed by atoms with Crippen LogP contribution in [0, 0.1) is 20.2 Å². The van der Waals surface area contributed by atoms with Crippen molar-refractivity contribution in [3.05, 3.63) is 74.3 Å². The van der Waals surface area contributed by atoms with Crippen LogP contribution in [0.5, 0.6) is 0 Å². The molecule has 0 N–H and O–H groups in total.